The van der Waals surface area contributed by atoms with Gasteiger partial charge in [0.1, 0.15) is 11.9 Å². The average molecular weight is 384 g/mol. The molecule has 0 aromatic rings. The summed E-state index contributed by atoms with van der Waals surface area (Å²) in [6.45, 7) is 4.37. The maximum atomic E-state index is 12.5. The van der Waals surface area contributed by atoms with Crippen LogP contribution >= 0.6 is 0 Å². The van der Waals surface area contributed by atoms with E-state index in [9.17, 15) is 22.8 Å². The van der Waals surface area contributed by atoms with Crippen molar-refractivity contribution in [3.05, 3.63) is 11.6 Å². The van der Waals surface area contributed by atoms with E-state index in [0.29, 0.717) is 42.8 Å². The SMILES string of the molecule is C[C@]12CC[C@H](OC(=O)C(F)(F)F)CC1=CCC1C2CC[C@]2(C)C(=O)CCC12. The Labute approximate surface area is 157 Å². The first-order chi connectivity index (χ1) is 12.6. The number of rotatable bonds is 1. The number of hydrogen-bond donors (Lipinski definition) is 0. The fourth-order valence-corrected chi connectivity index (χ4v) is 6.72. The maximum absolute atomic E-state index is 12.5. The number of carbonyl (C=O) groups is 2. The van der Waals surface area contributed by atoms with E-state index < -0.39 is 18.2 Å². The highest BCUT2D eigenvalue weighted by Gasteiger charge is 2.58. The summed E-state index contributed by atoms with van der Waals surface area (Å²) in [5.41, 5.74) is 0.933. The molecule has 6 atom stereocenters. The van der Waals surface area contributed by atoms with Crippen LogP contribution in [0.3, 0.4) is 0 Å². The molecule has 0 aromatic carbocycles. The molecule has 0 heterocycles. The van der Waals surface area contributed by atoms with Gasteiger partial charge in [-0.3, -0.25) is 4.79 Å². The molecule has 3 nitrogen and oxygen atoms in total. The number of esters is 1. The van der Waals surface area contributed by atoms with Crippen molar-refractivity contribution in [1.82, 2.24) is 0 Å². The third-order valence-electron chi connectivity index (χ3n) is 8.27. The van der Waals surface area contributed by atoms with Gasteiger partial charge in [-0.25, -0.2) is 4.79 Å². The van der Waals surface area contributed by atoms with Gasteiger partial charge in [-0.2, -0.15) is 13.2 Å². The highest BCUT2D eigenvalue weighted by atomic mass is 19.4. The Kier molecular flexibility index (Phi) is 4.28. The Morgan fingerprint density at radius 1 is 1.11 bits per heavy atom. The third-order valence-corrected chi connectivity index (χ3v) is 8.27. The zero-order chi connectivity index (χ0) is 19.6. The number of ether oxygens (including phenoxy) is 1. The monoisotopic (exact) mass is 384 g/mol. The van der Waals surface area contributed by atoms with Crippen LogP contribution in [0.25, 0.3) is 0 Å². The lowest BCUT2D eigenvalue weighted by atomic mass is 9.48. The second-order valence-corrected chi connectivity index (χ2v) is 9.45. The quantitative estimate of drug-likeness (QED) is 0.472. The van der Waals surface area contributed by atoms with E-state index in [1.165, 1.54) is 0 Å². The lowest BCUT2D eigenvalue weighted by Crippen LogP contribution is -2.50. The van der Waals surface area contributed by atoms with Crippen molar-refractivity contribution in [1.29, 1.82) is 0 Å². The number of hydrogen-bond acceptors (Lipinski definition) is 3. The lowest BCUT2D eigenvalue weighted by molar-refractivity contribution is -0.206. The van der Waals surface area contributed by atoms with Crippen molar-refractivity contribution in [3.8, 4) is 0 Å². The van der Waals surface area contributed by atoms with Gasteiger partial charge >= 0.3 is 12.1 Å². The van der Waals surface area contributed by atoms with Gasteiger partial charge in [0.25, 0.3) is 0 Å². The van der Waals surface area contributed by atoms with E-state index in [-0.39, 0.29) is 10.8 Å². The van der Waals surface area contributed by atoms with E-state index in [1.807, 2.05) is 0 Å². The number of ketones is 1. The Morgan fingerprint density at radius 2 is 1.78 bits per heavy atom. The van der Waals surface area contributed by atoms with Crippen LogP contribution < -0.4 is 0 Å². The number of allylic oxidation sites excluding steroid dienone is 1. The number of halogens is 3. The van der Waals surface area contributed by atoms with Crippen LogP contribution in [0, 0.1) is 28.6 Å². The molecular weight excluding hydrogens is 357 g/mol. The van der Waals surface area contributed by atoms with Crippen LogP contribution in [0.1, 0.15) is 65.2 Å². The fourth-order valence-electron chi connectivity index (χ4n) is 6.72. The molecule has 0 spiro atoms. The largest absolute Gasteiger partial charge is 0.490 e. The third kappa shape index (κ3) is 2.85. The molecule has 4 aliphatic rings. The number of carbonyl (C=O) groups excluding carboxylic acids is 2. The number of alkyl halides is 3. The summed E-state index contributed by atoms with van der Waals surface area (Å²) in [6.07, 6.45) is 2.67. The molecule has 27 heavy (non-hydrogen) atoms. The molecule has 3 unspecified atom stereocenters. The molecule has 4 rings (SSSR count). The Morgan fingerprint density at radius 3 is 2.48 bits per heavy atom. The van der Waals surface area contributed by atoms with Gasteiger partial charge in [0.05, 0.1) is 0 Å². The summed E-state index contributed by atoms with van der Waals surface area (Å²) in [5, 5.41) is 0. The fraction of sp³-hybridized carbons (Fsp3) is 0.810. The topological polar surface area (TPSA) is 43.4 Å². The Hall–Kier alpha value is -1.33. The molecule has 0 aliphatic heterocycles. The van der Waals surface area contributed by atoms with Gasteiger partial charge in [-0.05, 0) is 61.7 Å². The summed E-state index contributed by atoms with van der Waals surface area (Å²) in [5.74, 6) is -0.282. The first-order valence-electron chi connectivity index (χ1n) is 10.1. The molecule has 3 fully saturated rings. The van der Waals surface area contributed by atoms with E-state index in [0.717, 1.165) is 37.7 Å². The Bertz CT molecular complexity index is 697. The molecule has 3 saturated carbocycles. The van der Waals surface area contributed by atoms with Gasteiger partial charge in [-0.1, -0.05) is 25.5 Å². The van der Waals surface area contributed by atoms with Crippen molar-refractivity contribution in [2.45, 2.75) is 77.5 Å². The van der Waals surface area contributed by atoms with Crippen LogP contribution in [-0.4, -0.2) is 24.0 Å². The minimum absolute atomic E-state index is 0.0446. The predicted octanol–water partition coefficient (Wildman–Crippen LogP) is 4.99. The molecule has 0 saturated heterocycles. The zero-order valence-corrected chi connectivity index (χ0v) is 15.9. The molecule has 0 N–H and O–H groups in total. The smallest absolute Gasteiger partial charge is 0.455 e. The first kappa shape index (κ1) is 19.0. The van der Waals surface area contributed by atoms with E-state index in [1.54, 1.807) is 0 Å². The maximum Gasteiger partial charge on any atom is 0.490 e. The second kappa shape index (κ2) is 6.08. The second-order valence-electron chi connectivity index (χ2n) is 9.45. The van der Waals surface area contributed by atoms with Crippen molar-refractivity contribution in [3.63, 3.8) is 0 Å². The summed E-state index contributed by atoms with van der Waals surface area (Å²) in [6, 6.07) is 0. The van der Waals surface area contributed by atoms with Crippen molar-refractivity contribution < 1.29 is 27.5 Å². The van der Waals surface area contributed by atoms with Crippen LogP contribution in [0.2, 0.25) is 0 Å². The average Bonchev–Trinajstić information content (AvgIpc) is 2.89. The molecule has 150 valence electrons. The van der Waals surface area contributed by atoms with Crippen LogP contribution in [0.4, 0.5) is 13.2 Å². The van der Waals surface area contributed by atoms with Crippen molar-refractivity contribution in [2.24, 2.45) is 28.6 Å². The summed E-state index contributed by atoms with van der Waals surface area (Å²) >= 11 is 0. The van der Waals surface area contributed by atoms with Gasteiger partial charge in [0.2, 0.25) is 0 Å². The lowest BCUT2D eigenvalue weighted by Gasteiger charge is -2.56. The zero-order valence-electron chi connectivity index (χ0n) is 15.9. The molecular formula is C21H27F3O3. The van der Waals surface area contributed by atoms with Crippen molar-refractivity contribution in [2.75, 3.05) is 0 Å². The normalized spacial score (nSPS) is 44.0. The minimum atomic E-state index is -4.93. The van der Waals surface area contributed by atoms with Crippen LogP contribution in [-0.2, 0) is 14.3 Å². The minimum Gasteiger partial charge on any atom is -0.455 e. The molecule has 0 radical (unpaired) electrons. The molecule has 0 bridgehead atoms. The van der Waals surface area contributed by atoms with E-state index in [4.69, 9.17) is 4.74 Å². The predicted molar refractivity (Wildman–Crippen MR) is 92.6 cm³/mol. The Balaban J connectivity index is 1.53. The first-order valence-corrected chi connectivity index (χ1v) is 10.1. The molecule has 4 aliphatic carbocycles. The highest BCUT2D eigenvalue weighted by molar-refractivity contribution is 5.87. The van der Waals surface area contributed by atoms with Gasteiger partial charge in [0.15, 0.2) is 0 Å². The van der Waals surface area contributed by atoms with Gasteiger partial charge in [0, 0.05) is 18.3 Å². The number of Topliss-reactive ketones (excluding diaryl/α,β-unsaturated/α-hetero) is 1. The molecule has 0 amide bonds. The summed E-state index contributed by atoms with van der Waals surface area (Å²) in [7, 11) is 0. The van der Waals surface area contributed by atoms with E-state index >= 15 is 0 Å². The van der Waals surface area contributed by atoms with Gasteiger partial charge < -0.3 is 4.74 Å². The summed E-state index contributed by atoms with van der Waals surface area (Å²) in [4.78, 5) is 23.6. The summed E-state index contributed by atoms with van der Waals surface area (Å²) < 4.78 is 42.3. The van der Waals surface area contributed by atoms with E-state index in [2.05, 4.69) is 19.9 Å². The van der Waals surface area contributed by atoms with Gasteiger partial charge in [-0.15, -0.1) is 0 Å². The van der Waals surface area contributed by atoms with Crippen molar-refractivity contribution >= 4 is 11.8 Å². The highest BCUT2D eigenvalue weighted by Crippen LogP contribution is 2.64. The van der Waals surface area contributed by atoms with Crippen LogP contribution in [0.15, 0.2) is 11.6 Å². The number of fused-ring (bicyclic) bond motifs is 5. The standard InChI is InChI=1S/C21H27F3O3/c1-19-9-7-13(27-18(26)21(22,23)24)11-12(19)3-4-14-15-5-6-17(25)20(15,2)10-8-16(14)19/h3,13-16H,4-11H2,1-2H3/t13-,14?,15?,16?,19-,20-/m0/s1. The van der Waals surface area contributed by atoms with Crippen LogP contribution in [0.5, 0.6) is 0 Å². The molecule has 6 heteroatoms. The molecule has 0 aromatic heterocycles.